The maximum Gasteiger partial charge on any atom is 0.0902 e. The van der Waals surface area contributed by atoms with E-state index in [2.05, 4.69) is 23.9 Å². The molecule has 0 saturated heterocycles. The standard InChI is InChI=1S/C11H15N3O/c1-8(2)5-11(15)9-6-13-14-4-3-12-7-10(9)14/h3-4,6-8,11,15H,5H2,1-2H3. The predicted octanol–water partition coefficient (Wildman–Crippen LogP) is 1.81. The van der Waals surface area contributed by atoms with Crippen molar-refractivity contribution in [3.05, 3.63) is 30.4 Å². The molecule has 2 heterocycles. The molecule has 0 bridgehead atoms. The number of aromatic nitrogens is 3. The molecule has 1 N–H and O–H groups in total. The van der Waals surface area contributed by atoms with Crippen molar-refractivity contribution in [2.24, 2.45) is 5.92 Å². The summed E-state index contributed by atoms with van der Waals surface area (Å²) in [6.45, 7) is 4.18. The topological polar surface area (TPSA) is 50.4 Å². The molecular formula is C11H15N3O. The highest BCUT2D eigenvalue weighted by molar-refractivity contribution is 5.52. The average Bonchev–Trinajstić information content (AvgIpc) is 2.59. The van der Waals surface area contributed by atoms with Crippen LogP contribution in [0.5, 0.6) is 0 Å². The highest BCUT2D eigenvalue weighted by atomic mass is 16.3. The Morgan fingerprint density at radius 1 is 1.40 bits per heavy atom. The van der Waals surface area contributed by atoms with E-state index in [9.17, 15) is 5.11 Å². The molecule has 0 aromatic carbocycles. The van der Waals surface area contributed by atoms with E-state index in [0.717, 1.165) is 17.5 Å². The molecule has 0 aliphatic carbocycles. The van der Waals surface area contributed by atoms with Crippen LogP contribution in [-0.4, -0.2) is 19.7 Å². The van der Waals surface area contributed by atoms with E-state index >= 15 is 0 Å². The monoisotopic (exact) mass is 205 g/mol. The second-order valence-electron chi connectivity index (χ2n) is 4.15. The zero-order chi connectivity index (χ0) is 10.8. The minimum atomic E-state index is -0.452. The van der Waals surface area contributed by atoms with Gasteiger partial charge >= 0.3 is 0 Å². The van der Waals surface area contributed by atoms with Crippen molar-refractivity contribution >= 4 is 5.52 Å². The molecule has 2 aromatic rings. The lowest BCUT2D eigenvalue weighted by Crippen LogP contribution is -2.01. The lowest BCUT2D eigenvalue weighted by atomic mass is 10.0. The third-order valence-corrected chi connectivity index (χ3v) is 2.41. The third-order valence-electron chi connectivity index (χ3n) is 2.41. The molecule has 0 aliphatic heterocycles. The van der Waals surface area contributed by atoms with Crippen LogP contribution in [0.25, 0.3) is 5.52 Å². The Bertz CT molecular complexity index is 450. The quantitative estimate of drug-likeness (QED) is 0.831. The van der Waals surface area contributed by atoms with Crippen molar-refractivity contribution < 1.29 is 5.11 Å². The summed E-state index contributed by atoms with van der Waals surface area (Å²) in [6.07, 6.45) is 7.19. The first kappa shape index (κ1) is 10.1. The first-order valence-corrected chi connectivity index (χ1v) is 5.14. The second-order valence-corrected chi connectivity index (χ2v) is 4.15. The van der Waals surface area contributed by atoms with Crippen molar-refractivity contribution in [1.29, 1.82) is 0 Å². The van der Waals surface area contributed by atoms with Gasteiger partial charge in [0.15, 0.2) is 0 Å². The SMILES string of the molecule is CC(C)CC(O)c1cnn2ccncc12. The molecule has 0 aliphatic rings. The van der Waals surface area contributed by atoms with Gasteiger partial charge in [0.1, 0.15) is 0 Å². The lowest BCUT2D eigenvalue weighted by Gasteiger charge is -2.11. The van der Waals surface area contributed by atoms with Gasteiger partial charge in [-0.15, -0.1) is 0 Å². The van der Waals surface area contributed by atoms with Crippen molar-refractivity contribution in [2.75, 3.05) is 0 Å². The lowest BCUT2D eigenvalue weighted by molar-refractivity contribution is 0.152. The first-order valence-electron chi connectivity index (χ1n) is 5.14. The average molecular weight is 205 g/mol. The molecule has 2 rings (SSSR count). The zero-order valence-electron chi connectivity index (χ0n) is 8.96. The molecule has 0 amide bonds. The van der Waals surface area contributed by atoms with Crippen molar-refractivity contribution in [3.8, 4) is 0 Å². The Balaban J connectivity index is 2.35. The highest BCUT2D eigenvalue weighted by Crippen LogP contribution is 2.23. The van der Waals surface area contributed by atoms with E-state index in [4.69, 9.17) is 0 Å². The van der Waals surface area contributed by atoms with Gasteiger partial charge in [-0.05, 0) is 12.3 Å². The Morgan fingerprint density at radius 2 is 2.20 bits per heavy atom. The molecule has 1 unspecified atom stereocenters. The number of hydrogen-bond donors (Lipinski definition) is 1. The minimum Gasteiger partial charge on any atom is -0.388 e. The normalized spacial score (nSPS) is 13.6. The zero-order valence-corrected chi connectivity index (χ0v) is 8.96. The number of fused-ring (bicyclic) bond motifs is 1. The second kappa shape index (κ2) is 3.98. The van der Waals surface area contributed by atoms with Gasteiger partial charge < -0.3 is 5.11 Å². The molecule has 2 aromatic heterocycles. The molecular weight excluding hydrogens is 190 g/mol. The van der Waals surface area contributed by atoms with Crippen LogP contribution in [0.4, 0.5) is 0 Å². The molecule has 0 saturated carbocycles. The van der Waals surface area contributed by atoms with Crippen LogP contribution < -0.4 is 0 Å². The van der Waals surface area contributed by atoms with Crippen molar-refractivity contribution in [1.82, 2.24) is 14.6 Å². The van der Waals surface area contributed by atoms with Crippen LogP contribution in [0.3, 0.4) is 0 Å². The molecule has 80 valence electrons. The summed E-state index contributed by atoms with van der Waals surface area (Å²) in [5.41, 5.74) is 1.74. The summed E-state index contributed by atoms with van der Waals surface area (Å²) in [5.74, 6) is 0.464. The largest absolute Gasteiger partial charge is 0.388 e. The van der Waals surface area contributed by atoms with Gasteiger partial charge in [0, 0.05) is 18.0 Å². The number of aliphatic hydroxyl groups is 1. The van der Waals surface area contributed by atoms with Gasteiger partial charge in [-0.2, -0.15) is 5.10 Å². The van der Waals surface area contributed by atoms with Gasteiger partial charge in [0.25, 0.3) is 0 Å². The predicted molar refractivity (Wildman–Crippen MR) is 57.4 cm³/mol. The Kier molecular flexibility index (Phi) is 2.68. The fraction of sp³-hybridized carbons (Fsp3) is 0.455. The van der Waals surface area contributed by atoms with Gasteiger partial charge in [-0.3, -0.25) is 4.98 Å². The van der Waals surface area contributed by atoms with Crippen LogP contribution in [0.15, 0.2) is 24.8 Å². The van der Waals surface area contributed by atoms with Crippen LogP contribution in [-0.2, 0) is 0 Å². The van der Waals surface area contributed by atoms with Crippen molar-refractivity contribution in [2.45, 2.75) is 26.4 Å². The molecule has 0 radical (unpaired) electrons. The fourth-order valence-corrected chi connectivity index (χ4v) is 1.68. The summed E-state index contributed by atoms with van der Waals surface area (Å²) >= 11 is 0. The molecule has 1 atom stereocenters. The fourth-order valence-electron chi connectivity index (χ4n) is 1.68. The van der Waals surface area contributed by atoms with Gasteiger partial charge in [0.05, 0.1) is 24.0 Å². The van der Waals surface area contributed by atoms with E-state index in [-0.39, 0.29) is 0 Å². The first-order chi connectivity index (χ1) is 7.18. The highest BCUT2D eigenvalue weighted by Gasteiger charge is 2.14. The van der Waals surface area contributed by atoms with E-state index in [1.165, 1.54) is 0 Å². The summed E-state index contributed by atoms with van der Waals surface area (Å²) in [5, 5.41) is 14.2. The molecule has 4 heteroatoms. The third kappa shape index (κ3) is 1.99. The van der Waals surface area contributed by atoms with Gasteiger partial charge in [-0.1, -0.05) is 13.8 Å². The smallest absolute Gasteiger partial charge is 0.0902 e. The maximum atomic E-state index is 10.00. The Labute approximate surface area is 88.6 Å². The summed E-state index contributed by atoms with van der Waals surface area (Å²) in [7, 11) is 0. The summed E-state index contributed by atoms with van der Waals surface area (Å²) in [6, 6.07) is 0. The van der Waals surface area contributed by atoms with E-state index in [0.29, 0.717) is 5.92 Å². The van der Waals surface area contributed by atoms with Crippen molar-refractivity contribution in [3.63, 3.8) is 0 Å². The maximum absolute atomic E-state index is 10.00. The van der Waals surface area contributed by atoms with Crippen LogP contribution in [0.2, 0.25) is 0 Å². The molecule has 0 spiro atoms. The summed E-state index contributed by atoms with van der Waals surface area (Å²) in [4.78, 5) is 4.04. The number of aliphatic hydroxyl groups excluding tert-OH is 1. The summed E-state index contributed by atoms with van der Waals surface area (Å²) < 4.78 is 1.73. The van der Waals surface area contributed by atoms with Crippen LogP contribution >= 0.6 is 0 Å². The van der Waals surface area contributed by atoms with Gasteiger partial charge in [0.2, 0.25) is 0 Å². The molecule has 15 heavy (non-hydrogen) atoms. The molecule has 4 nitrogen and oxygen atoms in total. The van der Waals surface area contributed by atoms with Crippen LogP contribution in [0.1, 0.15) is 31.9 Å². The molecule has 0 fully saturated rings. The number of nitrogens with zero attached hydrogens (tertiary/aromatic N) is 3. The van der Waals surface area contributed by atoms with E-state index in [1.54, 1.807) is 29.3 Å². The van der Waals surface area contributed by atoms with Gasteiger partial charge in [-0.25, -0.2) is 4.52 Å². The Morgan fingerprint density at radius 3 is 2.93 bits per heavy atom. The number of hydrogen-bond acceptors (Lipinski definition) is 3. The van der Waals surface area contributed by atoms with E-state index < -0.39 is 6.10 Å². The van der Waals surface area contributed by atoms with E-state index in [1.807, 2.05) is 0 Å². The Hall–Kier alpha value is -1.42. The van der Waals surface area contributed by atoms with Crippen LogP contribution in [0, 0.1) is 5.92 Å². The minimum absolute atomic E-state index is 0.452. The number of rotatable bonds is 3.